The molecular weight excluding hydrogens is 530 g/mol. The third kappa shape index (κ3) is 5.05. The van der Waals surface area contributed by atoms with Crippen molar-refractivity contribution in [1.29, 1.82) is 0 Å². The predicted octanol–water partition coefficient (Wildman–Crippen LogP) is 3.25. The molecule has 10 nitrogen and oxygen atoms in total. The summed E-state index contributed by atoms with van der Waals surface area (Å²) in [5.41, 5.74) is 8.24. The van der Waals surface area contributed by atoms with Gasteiger partial charge in [-0.1, -0.05) is 47.1 Å². The maximum Gasteiger partial charge on any atom is 0.276 e. The second-order valence-corrected chi connectivity index (χ2v) is 11.1. The Labute approximate surface area is 236 Å². The second kappa shape index (κ2) is 10.3. The Hall–Kier alpha value is -3.86. The quantitative estimate of drug-likeness (QED) is 0.371. The first-order valence-corrected chi connectivity index (χ1v) is 13.8. The second-order valence-electron chi connectivity index (χ2n) is 10.7. The molecule has 2 aromatic heterocycles. The zero-order valence-corrected chi connectivity index (χ0v) is 22.9. The van der Waals surface area contributed by atoms with Crippen LogP contribution in [0.15, 0.2) is 54.7 Å². The van der Waals surface area contributed by atoms with Crippen molar-refractivity contribution in [3.8, 4) is 11.3 Å². The first-order chi connectivity index (χ1) is 19.2. The van der Waals surface area contributed by atoms with E-state index in [1.165, 1.54) is 0 Å². The Bertz CT molecular complexity index is 1590. The number of halogens is 1. The minimum absolute atomic E-state index is 0.109. The number of piperazine rings is 1. The number of carbonyl (C=O) groups is 2. The minimum Gasteiger partial charge on any atom is -0.384 e. The molecule has 1 saturated heterocycles. The molecule has 3 heterocycles. The number of carbonyl (C=O) groups excluding carboxylic acids is 2. The molecule has 1 aliphatic carbocycles. The van der Waals surface area contributed by atoms with Crippen LogP contribution in [0, 0.1) is 0 Å². The van der Waals surface area contributed by atoms with Gasteiger partial charge in [-0.25, -0.2) is 9.67 Å². The fourth-order valence-corrected chi connectivity index (χ4v) is 5.20. The summed E-state index contributed by atoms with van der Waals surface area (Å²) in [6, 6.07) is 14.9. The number of nitrogens with two attached hydrogens (primary N) is 1. The van der Waals surface area contributed by atoms with Gasteiger partial charge in [0.25, 0.3) is 11.8 Å². The van der Waals surface area contributed by atoms with Gasteiger partial charge >= 0.3 is 0 Å². The van der Waals surface area contributed by atoms with Gasteiger partial charge in [-0.3, -0.25) is 9.59 Å². The molecule has 6 rings (SSSR count). The third-order valence-electron chi connectivity index (χ3n) is 7.71. The number of pyridine rings is 1. The normalized spacial score (nSPS) is 17.2. The first-order valence-electron chi connectivity index (χ1n) is 13.4. The summed E-state index contributed by atoms with van der Waals surface area (Å²) < 4.78 is 1.76. The van der Waals surface area contributed by atoms with Gasteiger partial charge in [-0.05, 0) is 43.5 Å². The van der Waals surface area contributed by atoms with E-state index in [-0.39, 0.29) is 18.4 Å². The lowest BCUT2D eigenvalue weighted by atomic mass is 9.94. The van der Waals surface area contributed by atoms with E-state index in [9.17, 15) is 14.7 Å². The first kappa shape index (κ1) is 26.4. The molecule has 1 saturated carbocycles. The van der Waals surface area contributed by atoms with Crippen LogP contribution in [0.2, 0.25) is 5.02 Å². The van der Waals surface area contributed by atoms with Gasteiger partial charge in [-0.2, -0.15) is 0 Å². The lowest BCUT2D eigenvalue weighted by molar-refractivity contribution is 0.0532. The van der Waals surface area contributed by atoms with Gasteiger partial charge in [0, 0.05) is 49.2 Å². The molecule has 0 radical (unpaired) electrons. The summed E-state index contributed by atoms with van der Waals surface area (Å²) in [5.74, 6) is -0.277. The molecule has 0 bridgehead atoms. The number of amides is 2. The number of fused-ring (bicyclic) bond motifs is 1. The van der Waals surface area contributed by atoms with E-state index in [1.54, 1.807) is 45.8 Å². The number of rotatable bonds is 6. The molecule has 2 fully saturated rings. The van der Waals surface area contributed by atoms with Crippen LogP contribution in [0.3, 0.4) is 0 Å². The predicted molar refractivity (Wildman–Crippen MR) is 151 cm³/mol. The highest BCUT2D eigenvalue weighted by Gasteiger charge is 2.30. The molecule has 1 aliphatic heterocycles. The van der Waals surface area contributed by atoms with Gasteiger partial charge in [0.2, 0.25) is 0 Å². The van der Waals surface area contributed by atoms with Crippen molar-refractivity contribution in [2.45, 2.75) is 31.4 Å². The molecule has 11 heteroatoms. The van der Waals surface area contributed by atoms with Gasteiger partial charge in [0.1, 0.15) is 0 Å². The van der Waals surface area contributed by atoms with Crippen molar-refractivity contribution in [3.05, 3.63) is 76.6 Å². The SMILES string of the molecule is CC(O)(CN)c1ccc(-c2cc(Cl)c3ccc(C(=O)N4CCN(C(=O)c5cn(C6CC6)nn5)CC4)cc3n2)cc1. The monoisotopic (exact) mass is 559 g/mol. The zero-order valence-electron chi connectivity index (χ0n) is 22.1. The number of benzene rings is 2. The standard InChI is InChI=1S/C29H30ClN7O3/c1-29(40,17-31)20-5-2-18(3-6-20)24-15-23(30)22-9-4-19(14-25(22)32-24)27(38)35-10-12-36(13-11-35)28(39)26-16-37(34-33-26)21-7-8-21/h2-6,9,14-16,21,40H,7-8,10-13,17,31H2,1H3. The van der Waals surface area contributed by atoms with Crippen LogP contribution >= 0.6 is 11.6 Å². The summed E-state index contributed by atoms with van der Waals surface area (Å²) >= 11 is 6.60. The summed E-state index contributed by atoms with van der Waals surface area (Å²) in [5, 5.41) is 19.8. The number of hydrogen-bond donors (Lipinski definition) is 2. The Morgan fingerprint density at radius 2 is 1.70 bits per heavy atom. The molecule has 206 valence electrons. The lowest BCUT2D eigenvalue weighted by Crippen LogP contribution is -2.50. The largest absolute Gasteiger partial charge is 0.384 e. The number of aromatic nitrogens is 4. The third-order valence-corrected chi connectivity index (χ3v) is 8.02. The topological polar surface area (TPSA) is 130 Å². The summed E-state index contributed by atoms with van der Waals surface area (Å²) in [6.45, 7) is 3.48. The highest BCUT2D eigenvalue weighted by molar-refractivity contribution is 6.35. The van der Waals surface area contributed by atoms with E-state index < -0.39 is 5.60 Å². The average molecular weight is 560 g/mol. The molecule has 40 heavy (non-hydrogen) atoms. The molecule has 1 unspecified atom stereocenters. The maximum atomic E-state index is 13.4. The fraction of sp³-hybridized carbons (Fsp3) is 0.345. The fourth-order valence-electron chi connectivity index (χ4n) is 4.93. The Morgan fingerprint density at radius 3 is 2.35 bits per heavy atom. The van der Waals surface area contributed by atoms with Crippen LogP contribution in [0.4, 0.5) is 0 Å². The number of aliphatic hydroxyl groups is 1. The van der Waals surface area contributed by atoms with E-state index in [2.05, 4.69) is 10.3 Å². The van der Waals surface area contributed by atoms with Gasteiger partial charge in [0.05, 0.1) is 34.1 Å². The van der Waals surface area contributed by atoms with E-state index >= 15 is 0 Å². The lowest BCUT2D eigenvalue weighted by Gasteiger charge is -2.34. The van der Waals surface area contributed by atoms with E-state index in [0.29, 0.717) is 65.3 Å². The van der Waals surface area contributed by atoms with Crippen LogP contribution in [0.5, 0.6) is 0 Å². The van der Waals surface area contributed by atoms with Crippen LogP contribution < -0.4 is 5.73 Å². The van der Waals surface area contributed by atoms with Crippen molar-refractivity contribution in [3.63, 3.8) is 0 Å². The maximum absolute atomic E-state index is 13.4. The van der Waals surface area contributed by atoms with Gasteiger partial charge < -0.3 is 20.6 Å². The van der Waals surface area contributed by atoms with Crippen molar-refractivity contribution < 1.29 is 14.7 Å². The highest BCUT2D eigenvalue weighted by Crippen LogP contribution is 2.34. The van der Waals surface area contributed by atoms with Crippen LogP contribution in [-0.4, -0.2) is 79.4 Å². The summed E-state index contributed by atoms with van der Waals surface area (Å²) in [4.78, 5) is 34.5. The molecule has 0 spiro atoms. The highest BCUT2D eigenvalue weighted by atomic mass is 35.5. The van der Waals surface area contributed by atoms with Crippen molar-refractivity contribution >= 4 is 34.3 Å². The Kier molecular flexibility index (Phi) is 6.77. The molecule has 2 aliphatic rings. The smallest absolute Gasteiger partial charge is 0.276 e. The van der Waals surface area contributed by atoms with E-state index in [0.717, 1.165) is 23.8 Å². The Morgan fingerprint density at radius 1 is 1.02 bits per heavy atom. The molecule has 2 amide bonds. The number of hydrogen-bond acceptors (Lipinski definition) is 7. The molecule has 3 N–H and O–H groups in total. The summed E-state index contributed by atoms with van der Waals surface area (Å²) in [6.07, 6.45) is 3.86. The average Bonchev–Trinajstić information content (AvgIpc) is 3.72. The van der Waals surface area contributed by atoms with Crippen LogP contribution in [0.1, 0.15) is 52.2 Å². The molecule has 4 aromatic rings. The van der Waals surface area contributed by atoms with Crippen molar-refractivity contribution in [1.82, 2.24) is 29.8 Å². The van der Waals surface area contributed by atoms with Gasteiger partial charge in [0.15, 0.2) is 5.69 Å². The molecular formula is C29H30ClN7O3. The van der Waals surface area contributed by atoms with Crippen LogP contribution in [0.25, 0.3) is 22.2 Å². The van der Waals surface area contributed by atoms with Crippen molar-refractivity contribution in [2.75, 3.05) is 32.7 Å². The van der Waals surface area contributed by atoms with Gasteiger partial charge in [-0.15, -0.1) is 5.10 Å². The molecule has 2 aromatic carbocycles. The number of nitrogens with zero attached hydrogens (tertiary/aromatic N) is 6. The zero-order chi connectivity index (χ0) is 28.0. The van der Waals surface area contributed by atoms with E-state index in [4.69, 9.17) is 22.3 Å². The molecule has 1 atom stereocenters. The van der Waals surface area contributed by atoms with E-state index in [1.807, 2.05) is 30.3 Å². The Balaban J connectivity index is 1.16. The van der Waals surface area contributed by atoms with Crippen molar-refractivity contribution in [2.24, 2.45) is 5.73 Å². The summed E-state index contributed by atoms with van der Waals surface area (Å²) in [7, 11) is 0. The van der Waals surface area contributed by atoms with Crippen LogP contribution in [-0.2, 0) is 5.60 Å². The minimum atomic E-state index is -1.11.